The molecule has 0 radical (unpaired) electrons. The molecular formula is C11H16BrN. The van der Waals surface area contributed by atoms with E-state index in [1.54, 1.807) is 0 Å². The molecule has 2 heteroatoms. The van der Waals surface area contributed by atoms with Crippen LogP contribution in [0.5, 0.6) is 0 Å². The smallest absolute Gasteiger partial charge is 0.0175 e. The molecule has 0 aliphatic carbocycles. The SMILES string of the molecule is CC(CCCN)c1ccc(Br)cc1. The van der Waals surface area contributed by atoms with Crippen molar-refractivity contribution in [3.05, 3.63) is 34.3 Å². The molecule has 1 rings (SSSR count). The van der Waals surface area contributed by atoms with Crippen molar-refractivity contribution in [2.45, 2.75) is 25.7 Å². The molecule has 72 valence electrons. The average Bonchev–Trinajstić information content (AvgIpc) is 2.15. The predicted molar refractivity (Wildman–Crippen MR) is 60.8 cm³/mol. The number of rotatable bonds is 4. The van der Waals surface area contributed by atoms with E-state index in [0.29, 0.717) is 5.92 Å². The minimum Gasteiger partial charge on any atom is -0.330 e. The first-order valence-corrected chi connectivity index (χ1v) is 5.49. The summed E-state index contributed by atoms with van der Waals surface area (Å²) in [6, 6.07) is 8.53. The van der Waals surface area contributed by atoms with Gasteiger partial charge in [-0.15, -0.1) is 0 Å². The van der Waals surface area contributed by atoms with Crippen LogP contribution in [0.25, 0.3) is 0 Å². The Morgan fingerprint density at radius 3 is 2.46 bits per heavy atom. The minimum absolute atomic E-state index is 0.622. The summed E-state index contributed by atoms with van der Waals surface area (Å²) < 4.78 is 1.14. The van der Waals surface area contributed by atoms with Gasteiger partial charge in [0.05, 0.1) is 0 Å². The van der Waals surface area contributed by atoms with E-state index in [9.17, 15) is 0 Å². The summed E-state index contributed by atoms with van der Waals surface area (Å²) in [7, 11) is 0. The molecule has 2 N–H and O–H groups in total. The standard InChI is InChI=1S/C11H16BrN/c1-9(3-2-8-13)10-4-6-11(12)7-5-10/h4-7,9H,2-3,8,13H2,1H3. The normalized spacial score (nSPS) is 12.8. The van der Waals surface area contributed by atoms with Crippen molar-refractivity contribution < 1.29 is 0 Å². The molecule has 13 heavy (non-hydrogen) atoms. The Labute approximate surface area is 88.5 Å². The first-order chi connectivity index (χ1) is 6.24. The maximum Gasteiger partial charge on any atom is 0.0175 e. The van der Waals surface area contributed by atoms with E-state index in [-0.39, 0.29) is 0 Å². The fourth-order valence-corrected chi connectivity index (χ4v) is 1.65. The lowest BCUT2D eigenvalue weighted by Gasteiger charge is -2.10. The molecule has 1 unspecified atom stereocenters. The Hall–Kier alpha value is -0.340. The van der Waals surface area contributed by atoms with Crippen LogP contribution in [0.1, 0.15) is 31.2 Å². The van der Waals surface area contributed by atoms with Crippen molar-refractivity contribution in [2.75, 3.05) is 6.54 Å². The van der Waals surface area contributed by atoms with E-state index in [4.69, 9.17) is 5.73 Å². The highest BCUT2D eigenvalue weighted by molar-refractivity contribution is 9.10. The lowest BCUT2D eigenvalue weighted by Crippen LogP contribution is -2.01. The Balaban J connectivity index is 2.55. The molecule has 1 aromatic carbocycles. The summed E-state index contributed by atoms with van der Waals surface area (Å²) in [6.45, 7) is 3.04. The molecule has 0 spiro atoms. The molecule has 1 atom stereocenters. The fourth-order valence-electron chi connectivity index (χ4n) is 1.38. The van der Waals surface area contributed by atoms with Crippen molar-refractivity contribution >= 4 is 15.9 Å². The minimum atomic E-state index is 0.622. The lowest BCUT2D eigenvalue weighted by molar-refractivity contribution is 0.641. The van der Waals surface area contributed by atoms with Gasteiger partial charge in [-0.2, -0.15) is 0 Å². The van der Waals surface area contributed by atoms with E-state index in [1.807, 2.05) is 0 Å². The van der Waals surface area contributed by atoms with Gasteiger partial charge in [0.2, 0.25) is 0 Å². The van der Waals surface area contributed by atoms with E-state index in [2.05, 4.69) is 47.1 Å². The van der Waals surface area contributed by atoms with Gasteiger partial charge in [0.25, 0.3) is 0 Å². The Morgan fingerprint density at radius 2 is 1.92 bits per heavy atom. The second-order valence-electron chi connectivity index (χ2n) is 3.38. The molecule has 0 aliphatic rings. The van der Waals surface area contributed by atoms with Gasteiger partial charge in [0, 0.05) is 4.47 Å². The van der Waals surface area contributed by atoms with Crippen molar-refractivity contribution in [3.63, 3.8) is 0 Å². The van der Waals surface area contributed by atoms with Crippen LogP contribution in [0, 0.1) is 0 Å². The van der Waals surface area contributed by atoms with E-state index >= 15 is 0 Å². The molecule has 0 saturated carbocycles. The number of benzene rings is 1. The highest BCUT2D eigenvalue weighted by Crippen LogP contribution is 2.21. The number of halogens is 1. The molecule has 0 aliphatic heterocycles. The van der Waals surface area contributed by atoms with Gasteiger partial charge in [0.15, 0.2) is 0 Å². The van der Waals surface area contributed by atoms with Crippen LogP contribution in [0.3, 0.4) is 0 Å². The van der Waals surface area contributed by atoms with Crippen LogP contribution in [0.15, 0.2) is 28.7 Å². The number of nitrogens with two attached hydrogens (primary N) is 1. The van der Waals surface area contributed by atoms with Gasteiger partial charge >= 0.3 is 0 Å². The van der Waals surface area contributed by atoms with Crippen LogP contribution in [-0.2, 0) is 0 Å². The van der Waals surface area contributed by atoms with Crippen LogP contribution in [0.2, 0.25) is 0 Å². The third-order valence-electron chi connectivity index (χ3n) is 2.28. The molecule has 0 bridgehead atoms. The maximum absolute atomic E-state index is 5.47. The van der Waals surface area contributed by atoms with Crippen LogP contribution in [0.4, 0.5) is 0 Å². The zero-order valence-electron chi connectivity index (χ0n) is 7.96. The molecule has 0 aromatic heterocycles. The first-order valence-electron chi connectivity index (χ1n) is 4.69. The van der Waals surface area contributed by atoms with Crippen molar-refractivity contribution in [1.29, 1.82) is 0 Å². The topological polar surface area (TPSA) is 26.0 Å². The van der Waals surface area contributed by atoms with Gasteiger partial charge in [-0.1, -0.05) is 35.0 Å². The number of hydrogen-bond acceptors (Lipinski definition) is 1. The third-order valence-corrected chi connectivity index (χ3v) is 2.81. The van der Waals surface area contributed by atoms with Gasteiger partial charge in [-0.3, -0.25) is 0 Å². The summed E-state index contributed by atoms with van der Waals surface area (Å²) in [5, 5.41) is 0. The molecular weight excluding hydrogens is 226 g/mol. The van der Waals surface area contributed by atoms with Crippen molar-refractivity contribution in [1.82, 2.24) is 0 Å². The molecule has 0 fully saturated rings. The quantitative estimate of drug-likeness (QED) is 0.861. The highest BCUT2D eigenvalue weighted by Gasteiger charge is 2.03. The second kappa shape index (κ2) is 5.40. The Morgan fingerprint density at radius 1 is 1.31 bits per heavy atom. The molecule has 0 amide bonds. The molecule has 1 aromatic rings. The largest absolute Gasteiger partial charge is 0.330 e. The Bertz CT molecular complexity index is 243. The van der Waals surface area contributed by atoms with Gasteiger partial charge in [-0.25, -0.2) is 0 Å². The molecule has 0 saturated heterocycles. The van der Waals surface area contributed by atoms with Crippen molar-refractivity contribution in [2.24, 2.45) is 5.73 Å². The van der Waals surface area contributed by atoms with E-state index in [1.165, 1.54) is 12.0 Å². The van der Waals surface area contributed by atoms with Crippen molar-refractivity contribution in [3.8, 4) is 0 Å². The van der Waals surface area contributed by atoms with Crippen LogP contribution >= 0.6 is 15.9 Å². The second-order valence-corrected chi connectivity index (χ2v) is 4.30. The van der Waals surface area contributed by atoms with Gasteiger partial charge in [-0.05, 0) is 43.0 Å². The summed E-state index contributed by atoms with van der Waals surface area (Å²) in [5.74, 6) is 0.622. The highest BCUT2D eigenvalue weighted by atomic mass is 79.9. The summed E-state index contributed by atoms with van der Waals surface area (Å²) in [5.41, 5.74) is 6.87. The summed E-state index contributed by atoms with van der Waals surface area (Å²) >= 11 is 3.43. The molecule has 1 nitrogen and oxygen atoms in total. The first kappa shape index (κ1) is 10.7. The summed E-state index contributed by atoms with van der Waals surface area (Å²) in [4.78, 5) is 0. The van der Waals surface area contributed by atoms with Gasteiger partial charge < -0.3 is 5.73 Å². The van der Waals surface area contributed by atoms with E-state index < -0.39 is 0 Å². The van der Waals surface area contributed by atoms with Gasteiger partial charge in [0.1, 0.15) is 0 Å². The summed E-state index contributed by atoms with van der Waals surface area (Å²) in [6.07, 6.45) is 2.29. The maximum atomic E-state index is 5.47. The predicted octanol–water partition coefficient (Wildman–Crippen LogP) is 3.29. The Kier molecular flexibility index (Phi) is 4.46. The van der Waals surface area contributed by atoms with Crippen LogP contribution in [-0.4, -0.2) is 6.54 Å². The third kappa shape index (κ3) is 3.49. The average molecular weight is 242 g/mol. The zero-order valence-corrected chi connectivity index (χ0v) is 9.55. The fraction of sp³-hybridized carbons (Fsp3) is 0.455. The van der Waals surface area contributed by atoms with E-state index in [0.717, 1.165) is 17.4 Å². The lowest BCUT2D eigenvalue weighted by atomic mass is 9.96. The zero-order chi connectivity index (χ0) is 9.68. The molecule has 0 heterocycles. The van der Waals surface area contributed by atoms with Crippen LogP contribution < -0.4 is 5.73 Å². The monoisotopic (exact) mass is 241 g/mol. The number of hydrogen-bond donors (Lipinski definition) is 1.